The van der Waals surface area contributed by atoms with Gasteiger partial charge in [0.1, 0.15) is 0 Å². The summed E-state index contributed by atoms with van der Waals surface area (Å²) in [5, 5.41) is 0. The monoisotopic (exact) mass is 209 g/mol. The molecule has 3 nitrogen and oxygen atoms in total. The zero-order valence-electron chi connectivity index (χ0n) is 8.72. The van der Waals surface area contributed by atoms with Crippen LogP contribution in [0.15, 0.2) is 0 Å². The van der Waals surface area contributed by atoms with Gasteiger partial charge in [0, 0.05) is 12.5 Å². The zero-order valence-corrected chi connectivity index (χ0v) is 8.72. The van der Waals surface area contributed by atoms with E-state index in [1.165, 1.54) is 6.92 Å². The SMILES string of the molecule is CCOC(=O)C(F)(F)C[C@@H](N)C(C)C. The van der Waals surface area contributed by atoms with Crippen molar-refractivity contribution in [3.05, 3.63) is 0 Å². The molecule has 0 saturated heterocycles. The van der Waals surface area contributed by atoms with Gasteiger partial charge in [-0.25, -0.2) is 4.79 Å². The molecule has 0 aliphatic carbocycles. The Balaban J connectivity index is 4.25. The Morgan fingerprint density at radius 3 is 2.36 bits per heavy atom. The summed E-state index contributed by atoms with van der Waals surface area (Å²) in [5.41, 5.74) is 5.45. The van der Waals surface area contributed by atoms with E-state index in [0.717, 1.165) is 0 Å². The fraction of sp³-hybridized carbons (Fsp3) is 0.889. The maximum absolute atomic E-state index is 13.1. The van der Waals surface area contributed by atoms with Crippen molar-refractivity contribution in [2.24, 2.45) is 11.7 Å². The topological polar surface area (TPSA) is 52.3 Å². The number of hydrogen-bond acceptors (Lipinski definition) is 3. The summed E-state index contributed by atoms with van der Waals surface area (Å²) in [5.74, 6) is -5.05. The maximum atomic E-state index is 13.1. The number of halogens is 2. The Morgan fingerprint density at radius 2 is 2.00 bits per heavy atom. The summed E-state index contributed by atoms with van der Waals surface area (Å²) in [7, 11) is 0. The van der Waals surface area contributed by atoms with Gasteiger partial charge < -0.3 is 10.5 Å². The standard InChI is InChI=1S/C9H17F2NO2/c1-4-14-8(13)9(10,11)5-7(12)6(2)3/h6-7H,4-5,12H2,1-3H3/t7-/m1/s1. The molecule has 14 heavy (non-hydrogen) atoms. The highest BCUT2D eigenvalue weighted by molar-refractivity contribution is 5.77. The Bertz CT molecular complexity index is 195. The molecule has 0 rings (SSSR count). The van der Waals surface area contributed by atoms with E-state index < -0.39 is 24.4 Å². The van der Waals surface area contributed by atoms with Crippen molar-refractivity contribution in [2.45, 2.75) is 39.2 Å². The Morgan fingerprint density at radius 1 is 1.50 bits per heavy atom. The first-order valence-corrected chi connectivity index (χ1v) is 4.62. The van der Waals surface area contributed by atoms with Crippen LogP contribution in [0.25, 0.3) is 0 Å². The van der Waals surface area contributed by atoms with Crippen LogP contribution in [-0.2, 0) is 9.53 Å². The van der Waals surface area contributed by atoms with Crippen LogP contribution in [0, 0.1) is 5.92 Å². The lowest BCUT2D eigenvalue weighted by atomic mass is 9.98. The number of ether oxygens (including phenoxy) is 1. The normalized spacial score (nSPS) is 14.2. The number of carbonyl (C=O) groups is 1. The average Bonchev–Trinajstić information content (AvgIpc) is 2.03. The summed E-state index contributed by atoms with van der Waals surface area (Å²) < 4.78 is 30.4. The molecule has 0 heterocycles. The van der Waals surface area contributed by atoms with E-state index in [2.05, 4.69) is 4.74 Å². The van der Waals surface area contributed by atoms with Gasteiger partial charge in [-0.1, -0.05) is 13.8 Å². The van der Waals surface area contributed by atoms with Crippen molar-refractivity contribution in [3.63, 3.8) is 0 Å². The predicted octanol–water partition coefficient (Wildman–Crippen LogP) is 1.56. The number of rotatable bonds is 5. The molecule has 0 saturated carbocycles. The van der Waals surface area contributed by atoms with Gasteiger partial charge in [-0.3, -0.25) is 0 Å². The highest BCUT2D eigenvalue weighted by atomic mass is 19.3. The van der Waals surface area contributed by atoms with Crippen LogP contribution >= 0.6 is 0 Å². The summed E-state index contributed by atoms with van der Waals surface area (Å²) in [4.78, 5) is 10.8. The third-order valence-electron chi connectivity index (χ3n) is 1.92. The Labute approximate surface area is 82.6 Å². The molecule has 84 valence electrons. The molecule has 0 aromatic rings. The van der Waals surface area contributed by atoms with E-state index in [0.29, 0.717) is 0 Å². The maximum Gasteiger partial charge on any atom is 0.377 e. The number of carbonyl (C=O) groups excluding carboxylic acids is 1. The largest absolute Gasteiger partial charge is 0.462 e. The van der Waals surface area contributed by atoms with Crippen LogP contribution in [0.2, 0.25) is 0 Å². The summed E-state index contributed by atoms with van der Waals surface area (Å²) in [6.45, 7) is 4.89. The molecule has 2 N–H and O–H groups in total. The van der Waals surface area contributed by atoms with Gasteiger partial charge in [-0.05, 0) is 12.8 Å². The minimum Gasteiger partial charge on any atom is -0.462 e. The fourth-order valence-corrected chi connectivity index (χ4v) is 0.852. The number of nitrogens with two attached hydrogens (primary N) is 1. The van der Waals surface area contributed by atoms with Crippen molar-refractivity contribution in [2.75, 3.05) is 6.61 Å². The fourth-order valence-electron chi connectivity index (χ4n) is 0.852. The van der Waals surface area contributed by atoms with Gasteiger partial charge in [0.2, 0.25) is 0 Å². The molecule has 0 aromatic heterocycles. The highest BCUT2D eigenvalue weighted by Gasteiger charge is 2.42. The van der Waals surface area contributed by atoms with E-state index >= 15 is 0 Å². The number of hydrogen-bond donors (Lipinski definition) is 1. The summed E-state index contributed by atoms with van der Waals surface area (Å²) in [6, 6.07) is -0.700. The van der Waals surface area contributed by atoms with Crippen molar-refractivity contribution in [1.29, 1.82) is 0 Å². The van der Waals surface area contributed by atoms with Crippen LogP contribution in [0.4, 0.5) is 8.78 Å². The Kier molecular flexibility index (Phi) is 4.97. The van der Waals surface area contributed by atoms with E-state index in [1.807, 2.05) is 0 Å². The number of alkyl halides is 2. The third kappa shape index (κ3) is 4.00. The van der Waals surface area contributed by atoms with Crippen LogP contribution in [0.5, 0.6) is 0 Å². The smallest absolute Gasteiger partial charge is 0.377 e. The van der Waals surface area contributed by atoms with E-state index in [9.17, 15) is 13.6 Å². The second-order valence-electron chi connectivity index (χ2n) is 3.54. The summed E-state index contributed by atoms with van der Waals surface area (Å²) in [6.07, 6.45) is -0.663. The van der Waals surface area contributed by atoms with Crippen LogP contribution in [0.1, 0.15) is 27.2 Å². The lowest BCUT2D eigenvalue weighted by Gasteiger charge is -2.21. The molecule has 0 fully saturated rings. The average molecular weight is 209 g/mol. The van der Waals surface area contributed by atoms with Crippen LogP contribution < -0.4 is 5.73 Å². The molecule has 0 bridgehead atoms. The van der Waals surface area contributed by atoms with Gasteiger partial charge in [-0.15, -0.1) is 0 Å². The van der Waals surface area contributed by atoms with Crippen molar-refractivity contribution < 1.29 is 18.3 Å². The molecule has 1 atom stereocenters. The van der Waals surface area contributed by atoms with Gasteiger partial charge in [0.25, 0.3) is 0 Å². The minimum atomic E-state index is -3.47. The van der Waals surface area contributed by atoms with Crippen LogP contribution in [-0.4, -0.2) is 24.5 Å². The molecule has 0 aliphatic rings. The molecular formula is C9H17F2NO2. The van der Waals surface area contributed by atoms with E-state index in [4.69, 9.17) is 5.73 Å². The molecular weight excluding hydrogens is 192 g/mol. The molecule has 0 radical (unpaired) electrons. The lowest BCUT2D eigenvalue weighted by molar-refractivity contribution is -0.173. The molecule has 0 amide bonds. The first-order valence-electron chi connectivity index (χ1n) is 4.62. The lowest BCUT2D eigenvalue weighted by Crippen LogP contribution is -2.40. The third-order valence-corrected chi connectivity index (χ3v) is 1.92. The van der Waals surface area contributed by atoms with Gasteiger partial charge in [-0.2, -0.15) is 8.78 Å². The van der Waals surface area contributed by atoms with Crippen molar-refractivity contribution in [1.82, 2.24) is 0 Å². The van der Waals surface area contributed by atoms with Crippen molar-refractivity contribution in [3.8, 4) is 0 Å². The molecule has 0 aliphatic heterocycles. The first kappa shape index (κ1) is 13.3. The molecule has 0 aromatic carbocycles. The Hall–Kier alpha value is -0.710. The van der Waals surface area contributed by atoms with Gasteiger partial charge in [0.15, 0.2) is 0 Å². The van der Waals surface area contributed by atoms with E-state index in [1.54, 1.807) is 13.8 Å². The van der Waals surface area contributed by atoms with Crippen molar-refractivity contribution >= 4 is 5.97 Å². The predicted molar refractivity (Wildman–Crippen MR) is 49.0 cm³/mol. The minimum absolute atomic E-state index is 0.0503. The second kappa shape index (κ2) is 5.24. The van der Waals surface area contributed by atoms with Gasteiger partial charge >= 0.3 is 11.9 Å². The first-order chi connectivity index (χ1) is 6.31. The zero-order chi connectivity index (χ0) is 11.4. The molecule has 0 spiro atoms. The molecule has 0 unspecified atom stereocenters. The van der Waals surface area contributed by atoms with Gasteiger partial charge in [0.05, 0.1) is 6.61 Å². The second-order valence-corrected chi connectivity index (χ2v) is 3.54. The molecule has 5 heteroatoms. The quantitative estimate of drug-likeness (QED) is 0.699. The number of esters is 1. The highest BCUT2D eigenvalue weighted by Crippen LogP contribution is 2.23. The summed E-state index contributed by atoms with van der Waals surface area (Å²) >= 11 is 0. The van der Waals surface area contributed by atoms with E-state index in [-0.39, 0.29) is 12.5 Å². The van der Waals surface area contributed by atoms with Crippen LogP contribution in [0.3, 0.4) is 0 Å².